The van der Waals surface area contributed by atoms with Gasteiger partial charge in [0.15, 0.2) is 30.5 Å². The largest absolute Gasteiger partial charge is 0.464 e. The molecule has 0 saturated carbocycles. The summed E-state index contributed by atoms with van der Waals surface area (Å²) >= 11 is 0. The highest BCUT2D eigenvalue weighted by Gasteiger charge is 2.29. The highest BCUT2D eigenvalue weighted by Crippen LogP contribution is 2.15. The van der Waals surface area contributed by atoms with Crippen molar-refractivity contribution in [3.05, 3.63) is 0 Å². The second-order valence-corrected chi connectivity index (χ2v) is 25.3. The zero-order valence-electron chi connectivity index (χ0n) is 57.6. The van der Waals surface area contributed by atoms with Gasteiger partial charge in [-0.25, -0.2) is 24.0 Å². The van der Waals surface area contributed by atoms with Crippen LogP contribution in [0, 0.1) is 0 Å². The quantitative estimate of drug-likeness (QED) is 0.0216. The van der Waals surface area contributed by atoms with Crippen LogP contribution in [0.2, 0.25) is 0 Å². The number of rotatable bonds is 68. The maximum atomic E-state index is 13.3. The van der Waals surface area contributed by atoms with Gasteiger partial charge in [-0.05, 0) is 71.1 Å². The van der Waals surface area contributed by atoms with Crippen molar-refractivity contribution in [3.63, 3.8) is 0 Å². The van der Waals surface area contributed by atoms with E-state index in [1.807, 2.05) is 4.90 Å². The van der Waals surface area contributed by atoms with E-state index in [9.17, 15) is 49.5 Å². The molecule has 5 unspecified atom stereocenters. The zero-order chi connectivity index (χ0) is 65.6. The van der Waals surface area contributed by atoms with E-state index in [1.165, 1.54) is 128 Å². The van der Waals surface area contributed by atoms with Crippen molar-refractivity contribution in [1.82, 2.24) is 14.7 Å². The van der Waals surface area contributed by atoms with Gasteiger partial charge in [-0.2, -0.15) is 0 Å². The van der Waals surface area contributed by atoms with Gasteiger partial charge < -0.3 is 54.1 Å². The summed E-state index contributed by atoms with van der Waals surface area (Å²) in [5, 5.41) is 56.0. The molecular formula is C71H137N3O15. The van der Waals surface area contributed by atoms with Crippen LogP contribution in [0.1, 0.15) is 304 Å². The first-order chi connectivity index (χ1) is 43.2. The Bertz CT molecular complexity index is 1450. The van der Waals surface area contributed by atoms with Crippen molar-refractivity contribution in [2.24, 2.45) is 0 Å². The number of ether oxygens (including phenoxy) is 5. The Labute approximate surface area is 542 Å². The number of aliphatic hydroxyl groups is 5. The molecule has 526 valence electrons. The van der Waals surface area contributed by atoms with Gasteiger partial charge in [0.2, 0.25) is 0 Å². The Morgan fingerprint density at radius 1 is 0.225 bits per heavy atom. The number of nitrogens with zero attached hydrogens (tertiary/aromatic N) is 3. The molecule has 0 aliphatic heterocycles. The number of carbonyl (C=O) groups excluding carboxylic acids is 5. The molecule has 0 spiro atoms. The highest BCUT2D eigenvalue weighted by molar-refractivity contribution is 5.76. The smallest absolute Gasteiger partial charge is 0.336 e. The molecule has 5 N–H and O–H groups in total. The molecule has 18 nitrogen and oxygen atoms in total. The molecule has 0 heterocycles. The summed E-state index contributed by atoms with van der Waals surface area (Å²) in [7, 11) is 0. The number of esters is 5. The van der Waals surface area contributed by atoms with E-state index in [2.05, 4.69) is 34.6 Å². The van der Waals surface area contributed by atoms with E-state index in [0.29, 0.717) is 44.9 Å². The van der Waals surface area contributed by atoms with Gasteiger partial charge >= 0.3 is 29.8 Å². The van der Waals surface area contributed by atoms with Crippen molar-refractivity contribution in [3.8, 4) is 0 Å². The maximum Gasteiger partial charge on any atom is 0.336 e. The molecule has 5 atom stereocenters. The third-order valence-electron chi connectivity index (χ3n) is 16.6. The fourth-order valence-corrected chi connectivity index (χ4v) is 11.0. The predicted octanol–water partition coefficient (Wildman–Crippen LogP) is 12.9. The van der Waals surface area contributed by atoms with E-state index >= 15 is 0 Å². The molecule has 0 radical (unpaired) electrons. The second kappa shape index (κ2) is 63.8. The summed E-state index contributed by atoms with van der Waals surface area (Å²) < 4.78 is 27.4. The van der Waals surface area contributed by atoms with Crippen LogP contribution in [0.25, 0.3) is 0 Å². The minimum absolute atomic E-state index is 0.126. The average Bonchev–Trinajstić information content (AvgIpc) is 3.73. The zero-order valence-corrected chi connectivity index (χ0v) is 57.6. The number of aliphatic hydroxyl groups excluding tert-OH is 5. The minimum Gasteiger partial charge on any atom is -0.464 e. The molecule has 0 aromatic rings. The average molecular weight is 1270 g/mol. The predicted molar refractivity (Wildman–Crippen MR) is 356 cm³/mol. The molecule has 0 aromatic heterocycles. The van der Waals surface area contributed by atoms with Crippen LogP contribution in [-0.2, 0) is 47.7 Å². The summed E-state index contributed by atoms with van der Waals surface area (Å²) in [5.74, 6) is -3.95. The lowest BCUT2D eigenvalue weighted by Crippen LogP contribution is -2.46. The molecule has 18 heteroatoms. The van der Waals surface area contributed by atoms with Crippen molar-refractivity contribution in [2.45, 2.75) is 335 Å². The molecule has 0 amide bonds. The van der Waals surface area contributed by atoms with Gasteiger partial charge in [0, 0.05) is 32.7 Å². The second-order valence-electron chi connectivity index (χ2n) is 25.3. The van der Waals surface area contributed by atoms with Crippen molar-refractivity contribution in [1.29, 1.82) is 0 Å². The summed E-state index contributed by atoms with van der Waals surface area (Å²) in [6, 6.07) is 0. The highest BCUT2D eigenvalue weighted by atomic mass is 16.6. The number of carbonyl (C=O) groups is 5. The first-order valence-corrected chi connectivity index (χ1v) is 36.6. The summed E-state index contributed by atoms with van der Waals surface area (Å²) in [5.41, 5.74) is 0. The minimum atomic E-state index is -1.57. The SMILES string of the molecule is CCCCCCCCCCOC(=O)C(O)CN(CCCN(CC(O)C(=O)OCCCCCCCCCC)CC(O)C(=O)OCCCCCCCCCC)CCCN(CC(O)C(=O)OCCCCCCCCCC)CC(O)C(=O)OCCCCCCCCCC. The van der Waals surface area contributed by atoms with Gasteiger partial charge in [0.05, 0.1) is 33.0 Å². The summed E-state index contributed by atoms with van der Waals surface area (Å²) in [6.07, 6.45) is 35.5. The van der Waals surface area contributed by atoms with Crippen molar-refractivity contribution >= 4 is 29.8 Å². The van der Waals surface area contributed by atoms with Crippen molar-refractivity contribution < 1.29 is 73.2 Å². The number of hydrogen-bond acceptors (Lipinski definition) is 18. The van der Waals surface area contributed by atoms with E-state index in [0.717, 1.165) is 96.3 Å². The van der Waals surface area contributed by atoms with Crippen molar-refractivity contribution in [2.75, 3.05) is 91.9 Å². The van der Waals surface area contributed by atoms with Crippen LogP contribution in [0.15, 0.2) is 0 Å². The number of hydrogen-bond donors (Lipinski definition) is 5. The van der Waals surface area contributed by atoms with Gasteiger partial charge in [0.1, 0.15) is 0 Å². The molecule has 0 bridgehead atoms. The Hall–Kier alpha value is -2.97. The standard InChI is InChI=1S/C71H137N3O15/c1-6-11-16-21-26-31-36-41-52-85-67(80)62(75)57-72(48-46-50-73(58-63(76)68(81)86-53-42-37-32-27-22-17-12-7-2)59-64(77)69(82)87-54-43-38-33-28-23-18-13-8-3)49-47-51-74(60-65(78)70(83)88-55-44-39-34-29-24-19-14-9-4)61-66(79)71(84)89-56-45-40-35-30-25-20-15-10-5/h62-66,75-79H,6-61H2,1-5H3. The van der Waals surface area contributed by atoms with Gasteiger partial charge in [0.25, 0.3) is 0 Å². The fourth-order valence-electron chi connectivity index (χ4n) is 11.0. The van der Waals surface area contributed by atoms with Crippen LogP contribution in [0.4, 0.5) is 0 Å². The Morgan fingerprint density at radius 2 is 0.371 bits per heavy atom. The topological polar surface area (TPSA) is 242 Å². The van der Waals surface area contributed by atoms with E-state index < -0.39 is 60.4 Å². The van der Waals surface area contributed by atoms with Crippen LogP contribution in [0.5, 0.6) is 0 Å². The molecule has 89 heavy (non-hydrogen) atoms. The van der Waals surface area contributed by atoms with E-state index in [-0.39, 0.29) is 91.9 Å². The Kier molecular flexibility index (Phi) is 61.6. The molecule has 0 aliphatic rings. The lowest BCUT2D eigenvalue weighted by atomic mass is 10.1. The Morgan fingerprint density at radius 3 is 0.551 bits per heavy atom. The molecule has 0 aromatic carbocycles. The van der Waals surface area contributed by atoms with Crippen LogP contribution in [0.3, 0.4) is 0 Å². The van der Waals surface area contributed by atoms with Crippen LogP contribution >= 0.6 is 0 Å². The number of unbranched alkanes of at least 4 members (excludes halogenated alkanes) is 35. The maximum absolute atomic E-state index is 13.3. The molecular weight excluding hydrogens is 1130 g/mol. The first-order valence-electron chi connectivity index (χ1n) is 36.6. The summed E-state index contributed by atoms with van der Waals surface area (Å²) in [4.78, 5) is 70.9. The first kappa shape index (κ1) is 86.0. The molecule has 0 saturated heterocycles. The normalized spacial score (nSPS) is 13.4. The molecule has 0 fully saturated rings. The van der Waals surface area contributed by atoms with E-state index in [1.54, 1.807) is 9.80 Å². The Balaban J connectivity index is 6.34. The fraction of sp³-hybridized carbons (Fsp3) is 0.930. The lowest BCUT2D eigenvalue weighted by Gasteiger charge is -2.30. The third kappa shape index (κ3) is 54.2. The van der Waals surface area contributed by atoms with Crippen LogP contribution in [-0.4, -0.2) is 193 Å². The van der Waals surface area contributed by atoms with Gasteiger partial charge in [-0.1, -0.05) is 259 Å². The monoisotopic (exact) mass is 1270 g/mol. The third-order valence-corrected chi connectivity index (χ3v) is 16.6. The van der Waals surface area contributed by atoms with Gasteiger partial charge in [-0.3, -0.25) is 9.80 Å². The lowest BCUT2D eigenvalue weighted by molar-refractivity contribution is -0.158. The van der Waals surface area contributed by atoms with E-state index in [4.69, 9.17) is 23.7 Å². The van der Waals surface area contributed by atoms with Gasteiger partial charge in [-0.15, -0.1) is 0 Å². The molecule has 0 rings (SSSR count). The summed E-state index contributed by atoms with van der Waals surface area (Å²) in [6.45, 7) is 11.6. The van der Waals surface area contributed by atoms with Crippen LogP contribution < -0.4 is 0 Å². The molecule has 0 aliphatic carbocycles.